The van der Waals surface area contributed by atoms with Gasteiger partial charge in [0.25, 0.3) is 0 Å². The number of anilines is 3. The molecular weight excluding hydrogens is 340 g/mol. The fraction of sp³-hybridized carbons (Fsp3) is 0.294. The van der Waals surface area contributed by atoms with Crippen LogP contribution in [0.3, 0.4) is 0 Å². The minimum atomic E-state index is -0.654. The van der Waals surface area contributed by atoms with Crippen LogP contribution in [0.15, 0.2) is 30.6 Å². The SMILES string of the molecule is CC(Nc1ncnc(Nc2cc(C3CC3)[nH]n2)n1)c1c(F)cccc1F. The van der Waals surface area contributed by atoms with Gasteiger partial charge in [0, 0.05) is 23.2 Å². The molecule has 0 bridgehead atoms. The van der Waals surface area contributed by atoms with Crippen molar-refractivity contribution in [3.05, 3.63) is 53.5 Å². The maximum Gasteiger partial charge on any atom is 0.233 e. The highest BCUT2D eigenvalue weighted by Gasteiger charge is 2.25. The summed E-state index contributed by atoms with van der Waals surface area (Å²) in [5, 5.41) is 13.0. The van der Waals surface area contributed by atoms with Crippen LogP contribution < -0.4 is 10.6 Å². The number of halogens is 2. The molecule has 1 unspecified atom stereocenters. The van der Waals surface area contributed by atoms with Crippen molar-refractivity contribution in [3.8, 4) is 0 Å². The lowest BCUT2D eigenvalue weighted by Crippen LogP contribution is -2.13. The molecule has 2 heterocycles. The van der Waals surface area contributed by atoms with Crippen molar-refractivity contribution in [3.63, 3.8) is 0 Å². The standard InChI is InChI=1S/C17H17F2N7/c1-9(15-11(18)3-2-4-12(15)19)22-16-20-8-21-17(24-16)23-14-7-13(25-26-14)10-5-6-10/h2-4,7-10H,5-6H2,1H3,(H3,20,21,22,23,24,25,26). The highest BCUT2D eigenvalue weighted by molar-refractivity contribution is 5.49. The van der Waals surface area contributed by atoms with Gasteiger partial charge in [-0.05, 0) is 31.9 Å². The lowest BCUT2D eigenvalue weighted by molar-refractivity contribution is 0.543. The van der Waals surface area contributed by atoms with Crippen LogP contribution in [0.1, 0.15) is 43.0 Å². The predicted octanol–water partition coefficient (Wildman–Crippen LogP) is 3.67. The number of aromatic nitrogens is 5. The van der Waals surface area contributed by atoms with E-state index in [0.29, 0.717) is 11.7 Å². The molecule has 134 valence electrons. The van der Waals surface area contributed by atoms with Crippen LogP contribution in [0, 0.1) is 11.6 Å². The highest BCUT2D eigenvalue weighted by Crippen LogP contribution is 2.39. The molecule has 3 N–H and O–H groups in total. The number of hydrogen-bond donors (Lipinski definition) is 3. The summed E-state index contributed by atoms with van der Waals surface area (Å²) in [6, 6.07) is 5.02. The average Bonchev–Trinajstić information content (AvgIpc) is 3.35. The molecule has 1 atom stereocenters. The molecule has 9 heteroatoms. The van der Waals surface area contributed by atoms with Crippen molar-refractivity contribution >= 4 is 17.7 Å². The fourth-order valence-electron chi connectivity index (χ4n) is 2.73. The van der Waals surface area contributed by atoms with Gasteiger partial charge in [-0.1, -0.05) is 6.07 Å². The van der Waals surface area contributed by atoms with E-state index in [1.54, 1.807) is 6.92 Å². The number of rotatable bonds is 6. The molecule has 1 aromatic carbocycles. The van der Waals surface area contributed by atoms with E-state index in [9.17, 15) is 8.78 Å². The monoisotopic (exact) mass is 357 g/mol. The van der Waals surface area contributed by atoms with Gasteiger partial charge in [0.1, 0.15) is 18.0 Å². The van der Waals surface area contributed by atoms with Gasteiger partial charge in [0.05, 0.1) is 6.04 Å². The zero-order chi connectivity index (χ0) is 18.1. The molecule has 1 aliphatic rings. The molecule has 7 nitrogen and oxygen atoms in total. The van der Waals surface area contributed by atoms with Crippen LogP contribution in [-0.2, 0) is 0 Å². The smallest absolute Gasteiger partial charge is 0.233 e. The second-order valence-electron chi connectivity index (χ2n) is 6.24. The van der Waals surface area contributed by atoms with E-state index in [-0.39, 0.29) is 17.5 Å². The zero-order valence-electron chi connectivity index (χ0n) is 14.0. The Balaban J connectivity index is 1.48. The minimum absolute atomic E-state index is 0.0659. The Labute approximate surface area is 148 Å². The van der Waals surface area contributed by atoms with Crippen molar-refractivity contribution in [2.45, 2.75) is 31.7 Å². The van der Waals surface area contributed by atoms with Gasteiger partial charge in [0.15, 0.2) is 5.82 Å². The van der Waals surface area contributed by atoms with Gasteiger partial charge in [0.2, 0.25) is 11.9 Å². The number of hydrogen-bond acceptors (Lipinski definition) is 6. The second kappa shape index (κ2) is 6.66. The quantitative estimate of drug-likeness (QED) is 0.623. The van der Waals surface area contributed by atoms with E-state index < -0.39 is 17.7 Å². The molecule has 0 radical (unpaired) electrons. The first-order chi connectivity index (χ1) is 12.6. The summed E-state index contributed by atoms with van der Waals surface area (Å²) < 4.78 is 27.8. The largest absolute Gasteiger partial charge is 0.347 e. The van der Waals surface area contributed by atoms with E-state index in [1.807, 2.05) is 6.07 Å². The van der Waals surface area contributed by atoms with Gasteiger partial charge >= 0.3 is 0 Å². The van der Waals surface area contributed by atoms with Crippen LogP contribution in [0.2, 0.25) is 0 Å². The second-order valence-corrected chi connectivity index (χ2v) is 6.24. The Hall–Kier alpha value is -3.10. The Kier molecular flexibility index (Phi) is 4.19. The summed E-state index contributed by atoms with van der Waals surface area (Å²) in [6.07, 6.45) is 3.66. The molecule has 1 saturated carbocycles. The number of H-pyrrole nitrogens is 1. The van der Waals surface area contributed by atoms with E-state index in [1.165, 1.54) is 37.4 Å². The van der Waals surface area contributed by atoms with E-state index in [0.717, 1.165) is 5.69 Å². The first-order valence-corrected chi connectivity index (χ1v) is 8.32. The van der Waals surface area contributed by atoms with Crippen molar-refractivity contribution in [1.29, 1.82) is 0 Å². The van der Waals surface area contributed by atoms with Crippen molar-refractivity contribution in [2.75, 3.05) is 10.6 Å². The summed E-state index contributed by atoms with van der Waals surface area (Å²) in [5.41, 5.74) is 1.02. The maximum atomic E-state index is 13.9. The van der Waals surface area contributed by atoms with Crippen LogP contribution in [0.5, 0.6) is 0 Å². The summed E-state index contributed by atoms with van der Waals surface area (Å²) in [7, 11) is 0. The van der Waals surface area contributed by atoms with Crippen molar-refractivity contribution in [2.24, 2.45) is 0 Å². The molecule has 3 aromatic rings. The fourth-order valence-corrected chi connectivity index (χ4v) is 2.73. The Morgan fingerprint density at radius 2 is 1.88 bits per heavy atom. The van der Waals surface area contributed by atoms with Gasteiger partial charge in [-0.2, -0.15) is 10.1 Å². The first kappa shape index (κ1) is 16.4. The lowest BCUT2D eigenvalue weighted by Gasteiger charge is -2.15. The van der Waals surface area contributed by atoms with E-state index in [4.69, 9.17) is 0 Å². The number of nitrogens with zero attached hydrogens (tertiary/aromatic N) is 4. The van der Waals surface area contributed by atoms with Crippen LogP contribution in [-0.4, -0.2) is 25.1 Å². The topological polar surface area (TPSA) is 91.4 Å². The molecule has 26 heavy (non-hydrogen) atoms. The van der Waals surface area contributed by atoms with Crippen molar-refractivity contribution < 1.29 is 8.78 Å². The van der Waals surface area contributed by atoms with Crippen LogP contribution in [0.25, 0.3) is 0 Å². The average molecular weight is 357 g/mol. The Bertz CT molecular complexity index is 903. The summed E-state index contributed by atoms with van der Waals surface area (Å²) in [4.78, 5) is 12.3. The lowest BCUT2D eigenvalue weighted by atomic mass is 10.1. The molecule has 1 aliphatic carbocycles. The molecular formula is C17H17F2N7. The number of nitrogens with one attached hydrogen (secondary N) is 3. The normalized spacial score (nSPS) is 14.9. The number of benzene rings is 1. The van der Waals surface area contributed by atoms with Gasteiger partial charge in [-0.25, -0.2) is 18.7 Å². The maximum absolute atomic E-state index is 13.9. The van der Waals surface area contributed by atoms with E-state index >= 15 is 0 Å². The first-order valence-electron chi connectivity index (χ1n) is 8.32. The zero-order valence-corrected chi connectivity index (χ0v) is 14.0. The van der Waals surface area contributed by atoms with Gasteiger partial charge in [-0.3, -0.25) is 5.10 Å². The van der Waals surface area contributed by atoms with Gasteiger partial charge in [-0.15, -0.1) is 0 Å². The minimum Gasteiger partial charge on any atom is -0.347 e. The van der Waals surface area contributed by atoms with Crippen LogP contribution in [0.4, 0.5) is 26.5 Å². The van der Waals surface area contributed by atoms with E-state index in [2.05, 4.69) is 35.8 Å². The summed E-state index contributed by atoms with van der Waals surface area (Å²) in [6.45, 7) is 1.63. The van der Waals surface area contributed by atoms with Crippen molar-refractivity contribution in [1.82, 2.24) is 25.1 Å². The Morgan fingerprint density at radius 3 is 2.62 bits per heavy atom. The highest BCUT2D eigenvalue weighted by atomic mass is 19.1. The third-order valence-electron chi connectivity index (χ3n) is 4.20. The molecule has 0 aliphatic heterocycles. The molecule has 0 saturated heterocycles. The summed E-state index contributed by atoms with van der Waals surface area (Å²) in [5.74, 6) is 0.415. The molecule has 1 fully saturated rings. The third kappa shape index (κ3) is 3.46. The predicted molar refractivity (Wildman–Crippen MR) is 92.1 cm³/mol. The van der Waals surface area contributed by atoms with Gasteiger partial charge < -0.3 is 10.6 Å². The molecule has 0 spiro atoms. The summed E-state index contributed by atoms with van der Waals surface area (Å²) >= 11 is 0. The number of aromatic amines is 1. The van der Waals surface area contributed by atoms with Crippen LogP contribution >= 0.6 is 0 Å². The molecule has 4 rings (SSSR count). The molecule has 0 amide bonds. The third-order valence-corrected chi connectivity index (χ3v) is 4.20. The Morgan fingerprint density at radius 1 is 1.15 bits per heavy atom. The molecule has 2 aromatic heterocycles.